The summed E-state index contributed by atoms with van der Waals surface area (Å²) in [5.74, 6) is 0.393. The molecule has 9 nitrogen and oxygen atoms in total. The Morgan fingerprint density at radius 3 is 2.91 bits per heavy atom. The zero-order chi connectivity index (χ0) is 16.6. The number of aliphatic hydroxyl groups excluding tert-OH is 2. The van der Waals surface area contributed by atoms with Gasteiger partial charge in [-0.3, -0.25) is 0 Å². The van der Waals surface area contributed by atoms with Crippen LogP contribution in [0, 0.1) is 0 Å². The minimum absolute atomic E-state index is 0.107. The summed E-state index contributed by atoms with van der Waals surface area (Å²) in [6, 6.07) is 0.672. The van der Waals surface area contributed by atoms with Crippen molar-refractivity contribution in [1.29, 1.82) is 0 Å². The van der Waals surface area contributed by atoms with Crippen molar-refractivity contribution in [3.05, 3.63) is 11.2 Å². The zero-order valence-corrected chi connectivity index (χ0v) is 13.4. The van der Waals surface area contributed by atoms with E-state index in [0.717, 1.165) is 0 Å². The number of aromatic nitrogens is 2. The molecule has 0 spiro atoms. The summed E-state index contributed by atoms with van der Waals surface area (Å²) in [7, 11) is 2.94. The van der Waals surface area contributed by atoms with Crippen molar-refractivity contribution in [1.82, 2.24) is 9.97 Å². The lowest BCUT2D eigenvalue weighted by Crippen LogP contribution is -2.64. The molecule has 3 rings (SSSR count). The first-order valence-electron chi connectivity index (χ1n) is 6.99. The van der Waals surface area contributed by atoms with Crippen LogP contribution in [0.25, 0.3) is 0 Å². The molecule has 2 bridgehead atoms. The van der Waals surface area contributed by atoms with Gasteiger partial charge >= 0.3 is 0 Å². The first kappa shape index (κ1) is 16.6. The van der Waals surface area contributed by atoms with Crippen molar-refractivity contribution in [3.63, 3.8) is 0 Å². The third-order valence-corrected chi connectivity index (χ3v) is 4.13. The Morgan fingerprint density at radius 2 is 2.22 bits per heavy atom. The van der Waals surface area contributed by atoms with Gasteiger partial charge in [-0.05, 0) is 0 Å². The summed E-state index contributed by atoms with van der Waals surface area (Å²) in [6.45, 7) is 0.220. The monoisotopic (exact) mass is 347 g/mol. The van der Waals surface area contributed by atoms with Crippen LogP contribution in [-0.4, -0.2) is 77.8 Å². The Morgan fingerprint density at radius 1 is 1.43 bits per heavy atom. The van der Waals surface area contributed by atoms with Crippen LogP contribution < -0.4 is 10.1 Å². The highest BCUT2D eigenvalue weighted by atomic mass is 35.5. The van der Waals surface area contributed by atoms with Crippen molar-refractivity contribution in [3.8, 4) is 5.88 Å². The lowest BCUT2D eigenvalue weighted by molar-refractivity contribution is -0.227. The maximum atomic E-state index is 10.4. The fraction of sp³-hybridized carbons (Fsp3) is 0.692. The van der Waals surface area contributed by atoms with Crippen LogP contribution in [-0.2, 0) is 14.2 Å². The topological polar surface area (TPSA) is 115 Å². The molecule has 2 aliphatic rings. The Hall–Kier alpha value is -1.23. The van der Waals surface area contributed by atoms with E-state index in [9.17, 15) is 10.2 Å². The largest absolute Gasteiger partial charge is 0.481 e. The summed E-state index contributed by atoms with van der Waals surface area (Å²) >= 11 is 5.89. The zero-order valence-electron chi connectivity index (χ0n) is 12.6. The lowest BCUT2D eigenvalue weighted by atomic mass is 9.88. The fourth-order valence-corrected chi connectivity index (χ4v) is 2.97. The van der Waals surface area contributed by atoms with Gasteiger partial charge in [0.1, 0.15) is 29.0 Å². The van der Waals surface area contributed by atoms with Crippen LogP contribution in [0.3, 0.4) is 0 Å². The second kappa shape index (κ2) is 6.34. The standard InChI is InChI=1S/C13H18ClN3O6/c1-20-4-13-5-22-11(23-13)8(9(18)10(13)19)17-12-15-6(14)3-7(16-12)21-2/h3,8-11,18-19H,4-5H2,1-2H3,(H,15,16,17)/t8-,9-,10-,11+,13+/m1/s1. The van der Waals surface area contributed by atoms with Gasteiger partial charge in [0.15, 0.2) is 6.29 Å². The molecule has 0 aromatic carbocycles. The number of fused-ring (bicyclic) bond motifs is 2. The van der Waals surface area contributed by atoms with Gasteiger partial charge < -0.3 is 34.5 Å². The number of hydrogen-bond donors (Lipinski definition) is 3. The van der Waals surface area contributed by atoms with Crippen LogP contribution in [0.1, 0.15) is 0 Å². The first-order valence-corrected chi connectivity index (χ1v) is 7.36. The average Bonchev–Trinajstić information content (AvgIpc) is 2.92. The van der Waals surface area contributed by atoms with Gasteiger partial charge in [0.25, 0.3) is 0 Å². The number of rotatable bonds is 5. The average molecular weight is 348 g/mol. The first-order chi connectivity index (χ1) is 11.0. The van der Waals surface area contributed by atoms with Crippen LogP contribution in [0.5, 0.6) is 5.88 Å². The van der Waals surface area contributed by atoms with Gasteiger partial charge in [-0.15, -0.1) is 0 Å². The van der Waals surface area contributed by atoms with Gasteiger partial charge in [0.05, 0.1) is 20.3 Å². The third-order valence-electron chi connectivity index (χ3n) is 3.93. The Labute approximate surface area is 137 Å². The van der Waals surface area contributed by atoms with Gasteiger partial charge in [0, 0.05) is 13.2 Å². The number of nitrogens with zero attached hydrogens (tertiary/aromatic N) is 2. The molecule has 2 saturated heterocycles. The SMILES string of the molecule is COC[C@@]12CO[C@@H](O1)[C@H](Nc1nc(Cl)cc(OC)n1)[C@@H](O)[C@H]2O. The van der Waals surface area contributed by atoms with E-state index in [4.69, 9.17) is 30.5 Å². The van der Waals surface area contributed by atoms with E-state index in [-0.39, 0.29) is 30.2 Å². The molecular formula is C13H18ClN3O6. The summed E-state index contributed by atoms with van der Waals surface area (Å²) in [6.07, 6.45) is -3.14. The van der Waals surface area contributed by atoms with Crippen LogP contribution in [0.15, 0.2) is 6.07 Å². The molecule has 2 fully saturated rings. The van der Waals surface area contributed by atoms with Crippen LogP contribution in [0.4, 0.5) is 5.95 Å². The van der Waals surface area contributed by atoms with Crippen LogP contribution >= 0.6 is 11.6 Å². The summed E-state index contributed by atoms with van der Waals surface area (Å²) in [5, 5.41) is 23.9. The molecule has 1 aromatic heterocycles. The van der Waals surface area contributed by atoms with E-state index < -0.39 is 30.1 Å². The number of ether oxygens (including phenoxy) is 4. The fourth-order valence-electron chi connectivity index (χ4n) is 2.80. The Bertz CT molecular complexity index is 579. The maximum absolute atomic E-state index is 10.4. The van der Waals surface area contributed by atoms with Crippen molar-refractivity contribution in [2.75, 3.05) is 32.8 Å². The number of hydrogen-bond acceptors (Lipinski definition) is 9. The Kier molecular flexibility index (Phi) is 4.59. The number of anilines is 1. The van der Waals surface area contributed by atoms with Gasteiger partial charge in [-0.1, -0.05) is 11.6 Å². The molecule has 23 heavy (non-hydrogen) atoms. The molecular weight excluding hydrogens is 330 g/mol. The van der Waals surface area contributed by atoms with Crippen LogP contribution in [0.2, 0.25) is 5.15 Å². The highest BCUT2D eigenvalue weighted by Gasteiger charge is 2.59. The van der Waals surface area contributed by atoms with E-state index in [0.29, 0.717) is 0 Å². The maximum Gasteiger partial charge on any atom is 0.227 e. The predicted molar refractivity (Wildman–Crippen MR) is 78.5 cm³/mol. The molecule has 128 valence electrons. The number of halogens is 1. The molecule has 0 unspecified atom stereocenters. The smallest absolute Gasteiger partial charge is 0.227 e. The van der Waals surface area contributed by atoms with Crippen molar-refractivity contribution < 1.29 is 29.2 Å². The van der Waals surface area contributed by atoms with E-state index in [2.05, 4.69) is 15.3 Å². The van der Waals surface area contributed by atoms with Gasteiger partial charge in [-0.2, -0.15) is 4.98 Å². The molecule has 3 N–H and O–H groups in total. The van der Waals surface area contributed by atoms with Crippen molar-refractivity contribution >= 4 is 17.5 Å². The molecule has 3 heterocycles. The van der Waals surface area contributed by atoms with E-state index in [1.54, 1.807) is 0 Å². The highest BCUT2D eigenvalue weighted by Crippen LogP contribution is 2.38. The quantitative estimate of drug-likeness (QED) is 0.601. The highest BCUT2D eigenvalue weighted by molar-refractivity contribution is 6.29. The molecule has 2 aliphatic heterocycles. The predicted octanol–water partition coefficient (Wildman–Crippen LogP) is -0.587. The molecule has 0 saturated carbocycles. The summed E-state index contributed by atoms with van der Waals surface area (Å²) in [4.78, 5) is 8.09. The minimum Gasteiger partial charge on any atom is -0.481 e. The normalized spacial score (nSPS) is 36.0. The number of nitrogens with one attached hydrogen (secondary N) is 1. The summed E-state index contributed by atoms with van der Waals surface area (Å²) in [5.41, 5.74) is -1.08. The lowest BCUT2D eigenvalue weighted by Gasteiger charge is -2.42. The molecule has 0 radical (unpaired) electrons. The van der Waals surface area contributed by atoms with E-state index in [1.165, 1.54) is 20.3 Å². The number of methoxy groups -OCH3 is 2. The second-order valence-corrected chi connectivity index (χ2v) is 5.84. The summed E-state index contributed by atoms with van der Waals surface area (Å²) < 4.78 is 21.4. The number of aliphatic hydroxyl groups is 2. The third kappa shape index (κ3) is 2.95. The van der Waals surface area contributed by atoms with Gasteiger partial charge in [0.2, 0.25) is 11.8 Å². The van der Waals surface area contributed by atoms with E-state index >= 15 is 0 Å². The molecule has 0 aliphatic carbocycles. The second-order valence-electron chi connectivity index (χ2n) is 5.46. The van der Waals surface area contributed by atoms with Gasteiger partial charge in [-0.25, -0.2) is 4.98 Å². The molecule has 0 amide bonds. The van der Waals surface area contributed by atoms with E-state index in [1.807, 2.05) is 0 Å². The molecule has 1 aromatic rings. The van der Waals surface area contributed by atoms with Crippen molar-refractivity contribution in [2.24, 2.45) is 0 Å². The Balaban J connectivity index is 1.81. The molecule has 5 atom stereocenters. The molecule has 10 heteroatoms. The van der Waals surface area contributed by atoms with Crippen molar-refractivity contribution in [2.45, 2.75) is 30.1 Å². The minimum atomic E-state index is -1.19.